The van der Waals surface area contributed by atoms with Gasteiger partial charge in [0, 0.05) is 41.5 Å². The highest BCUT2D eigenvalue weighted by atomic mass is 32.2. The van der Waals surface area contributed by atoms with E-state index < -0.39 is 9.84 Å². The van der Waals surface area contributed by atoms with Crippen molar-refractivity contribution < 1.29 is 22.0 Å². The molecule has 0 aliphatic carbocycles. The minimum absolute atomic E-state index is 0.0861. The number of furan rings is 1. The molecule has 0 atom stereocenters. The van der Waals surface area contributed by atoms with Gasteiger partial charge in [0.15, 0.2) is 0 Å². The number of nitrogens with one attached hydrogen (secondary N) is 2. The van der Waals surface area contributed by atoms with Crippen LogP contribution in [-0.2, 0) is 23.0 Å². The predicted molar refractivity (Wildman–Crippen MR) is 149 cm³/mol. The Hall–Kier alpha value is -4.28. The first-order valence-corrected chi connectivity index (χ1v) is 14.3. The van der Waals surface area contributed by atoms with E-state index in [1.807, 2.05) is 54.6 Å². The number of fused-ring (bicyclic) bond motifs is 1. The molecular weight excluding hydrogens is 519 g/mol. The smallest absolute Gasteiger partial charge is 0.148 e. The third kappa shape index (κ3) is 7.18. The minimum atomic E-state index is -3.00. The van der Waals surface area contributed by atoms with Crippen LogP contribution in [0.3, 0.4) is 0 Å². The highest BCUT2D eigenvalue weighted by molar-refractivity contribution is 7.90. The van der Waals surface area contributed by atoms with Gasteiger partial charge in [-0.05, 0) is 66.2 Å². The second-order valence-electron chi connectivity index (χ2n) is 9.15. The standard InChI is InChI=1S/C29H27FN4O4S/c1-39(35,36)12-11-31-16-21-14-28(38-18-21)22-5-10-27-26(15-22)29(33-19-32-27)34-24-6-8-25(9-7-24)37-17-20-3-2-4-23(30)13-20/h2-10,13-15,18-19,31H,11-12,16-17H2,1H3,(H,32,33,34). The lowest BCUT2D eigenvalue weighted by atomic mass is 10.1. The molecule has 200 valence electrons. The Morgan fingerprint density at radius 2 is 1.82 bits per heavy atom. The molecule has 8 nitrogen and oxygen atoms in total. The quantitative estimate of drug-likeness (QED) is 0.210. The van der Waals surface area contributed by atoms with Crippen LogP contribution in [-0.4, -0.2) is 36.9 Å². The molecule has 0 bridgehead atoms. The topological polar surface area (TPSA) is 106 Å². The zero-order valence-corrected chi connectivity index (χ0v) is 22.0. The maximum absolute atomic E-state index is 13.4. The van der Waals surface area contributed by atoms with Gasteiger partial charge < -0.3 is 19.8 Å². The zero-order chi connectivity index (χ0) is 27.2. The van der Waals surface area contributed by atoms with Crippen molar-refractivity contribution in [1.29, 1.82) is 0 Å². The fraction of sp³-hybridized carbons (Fsp3) is 0.172. The Kier molecular flexibility index (Phi) is 7.85. The van der Waals surface area contributed by atoms with E-state index in [2.05, 4.69) is 20.6 Å². The maximum atomic E-state index is 13.4. The highest BCUT2D eigenvalue weighted by Gasteiger charge is 2.10. The van der Waals surface area contributed by atoms with Crippen molar-refractivity contribution in [3.05, 3.63) is 102 Å². The van der Waals surface area contributed by atoms with Crippen LogP contribution in [0.4, 0.5) is 15.9 Å². The summed E-state index contributed by atoms with van der Waals surface area (Å²) in [6, 6.07) is 21.5. The summed E-state index contributed by atoms with van der Waals surface area (Å²) in [6.07, 6.45) is 4.39. The fourth-order valence-corrected chi connectivity index (χ4v) is 4.50. The van der Waals surface area contributed by atoms with Gasteiger partial charge in [-0.1, -0.05) is 12.1 Å². The van der Waals surface area contributed by atoms with Crippen molar-refractivity contribution in [3.8, 4) is 17.1 Å². The number of hydrogen-bond donors (Lipinski definition) is 2. The van der Waals surface area contributed by atoms with Crippen LogP contribution in [0.5, 0.6) is 5.75 Å². The third-order valence-corrected chi connectivity index (χ3v) is 6.91. The van der Waals surface area contributed by atoms with Crippen LogP contribution >= 0.6 is 0 Å². The predicted octanol–water partition coefficient (Wildman–Crippen LogP) is 5.49. The summed E-state index contributed by atoms with van der Waals surface area (Å²) in [7, 11) is -3.00. The second kappa shape index (κ2) is 11.6. The van der Waals surface area contributed by atoms with Crippen LogP contribution in [0.2, 0.25) is 0 Å². The van der Waals surface area contributed by atoms with Crippen LogP contribution < -0.4 is 15.4 Å². The number of ether oxygens (including phenoxy) is 1. The molecule has 0 aliphatic heterocycles. The van der Waals surface area contributed by atoms with Crippen LogP contribution in [0, 0.1) is 5.82 Å². The van der Waals surface area contributed by atoms with Crippen molar-refractivity contribution in [2.24, 2.45) is 0 Å². The fourth-order valence-electron chi connectivity index (χ4n) is 3.98. The zero-order valence-electron chi connectivity index (χ0n) is 21.2. The molecule has 0 fully saturated rings. The number of rotatable bonds is 11. The number of aromatic nitrogens is 2. The van der Waals surface area contributed by atoms with Gasteiger partial charge in [0.1, 0.15) is 45.9 Å². The van der Waals surface area contributed by atoms with Crippen LogP contribution in [0.15, 0.2) is 89.8 Å². The molecule has 5 aromatic rings. The van der Waals surface area contributed by atoms with E-state index in [1.54, 1.807) is 12.3 Å². The molecule has 0 spiro atoms. The molecular formula is C29H27FN4O4S. The average molecular weight is 547 g/mol. The summed E-state index contributed by atoms with van der Waals surface area (Å²) >= 11 is 0. The average Bonchev–Trinajstić information content (AvgIpc) is 3.39. The summed E-state index contributed by atoms with van der Waals surface area (Å²) < 4.78 is 47.5. The molecule has 0 radical (unpaired) electrons. The molecule has 39 heavy (non-hydrogen) atoms. The van der Waals surface area contributed by atoms with E-state index in [1.165, 1.54) is 24.7 Å². The van der Waals surface area contributed by atoms with Gasteiger partial charge in [0.25, 0.3) is 0 Å². The van der Waals surface area contributed by atoms with E-state index in [0.29, 0.717) is 30.4 Å². The molecule has 2 N–H and O–H groups in total. The van der Waals surface area contributed by atoms with E-state index in [9.17, 15) is 12.8 Å². The number of benzene rings is 3. The third-order valence-electron chi connectivity index (χ3n) is 5.96. The van der Waals surface area contributed by atoms with Crippen molar-refractivity contribution in [2.45, 2.75) is 13.2 Å². The van der Waals surface area contributed by atoms with Crippen molar-refractivity contribution in [1.82, 2.24) is 15.3 Å². The van der Waals surface area contributed by atoms with Gasteiger partial charge in [0.2, 0.25) is 0 Å². The second-order valence-corrected chi connectivity index (χ2v) is 11.4. The monoisotopic (exact) mass is 546 g/mol. The summed E-state index contributed by atoms with van der Waals surface area (Å²) in [6.45, 7) is 1.15. The van der Waals surface area contributed by atoms with Crippen molar-refractivity contribution in [2.75, 3.05) is 23.9 Å². The number of anilines is 2. The van der Waals surface area contributed by atoms with Gasteiger partial charge in [-0.25, -0.2) is 22.8 Å². The Balaban J connectivity index is 1.26. The van der Waals surface area contributed by atoms with E-state index in [0.717, 1.165) is 33.3 Å². The first kappa shape index (κ1) is 26.3. The van der Waals surface area contributed by atoms with E-state index in [4.69, 9.17) is 9.15 Å². The number of nitrogens with zero attached hydrogens (tertiary/aromatic N) is 2. The molecule has 2 aromatic heterocycles. The minimum Gasteiger partial charge on any atom is -0.489 e. The molecule has 0 unspecified atom stereocenters. The molecule has 0 saturated heterocycles. The van der Waals surface area contributed by atoms with Gasteiger partial charge in [-0.3, -0.25) is 0 Å². The van der Waals surface area contributed by atoms with E-state index >= 15 is 0 Å². The number of sulfone groups is 1. The summed E-state index contributed by atoms with van der Waals surface area (Å²) in [5.74, 6) is 1.79. The molecule has 2 heterocycles. The molecule has 10 heteroatoms. The van der Waals surface area contributed by atoms with Crippen molar-refractivity contribution >= 4 is 32.2 Å². The molecule has 3 aromatic carbocycles. The lowest BCUT2D eigenvalue weighted by Crippen LogP contribution is -2.21. The number of hydrogen-bond acceptors (Lipinski definition) is 8. The van der Waals surface area contributed by atoms with Gasteiger partial charge in [-0.2, -0.15) is 0 Å². The SMILES string of the molecule is CS(=O)(=O)CCNCc1coc(-c2ccc3ncnc(Nc4ccc(OCc5cccc(F)c5)cc4)c3c2)c1. The Morgan fingerprint density at radius 1 is 0.974 bits per heavy atom. The van der Waals surface area contributed by atoms with Crippen LogP contribution in [0.25, 0.3) is 22.2 Å². The van der Waals surface area contributed by atoms with Crippen LogP contribution in [0.1, 0.15) is 11.1 Å². The Bertz CT molecular complexity index is 1690. The highest BCUT2D eigenvalue weighted by Crippen LogP contribution is 2.30. The van der Waals surface area contributed by atoms with Gasteiger partial charge >= 0.3 is 0 Å². The number of halogens is 1. The molecule has 0 amide bonds. The molecule has 5 rings (SSSR count). The first-order valence-electron chi connectivity index (χ1n) is 12.3. The van der Waals surface area contributed by atoms with Crippen molar-refractivity contribution in [3.63, 3.8) is 0 Å². The molecule has 0 aliphatic rings. The van der Waals surface area contributed by atoms with Gasteiger partial charge in [0.05, 0.1) is 17.5 Å². The maximum Gasteiger partial charge on any atom is 0.148 e. The van der Waals surface area contributed by atoms with Gasteiger partial charge in [-0.15, -0.1) is 0 Å². The Morgan fingerprint density at radius 3 is 2.62 bits per heavy atom. The summed E-state index contributed by atoms with van der Waals surface area (Å²) in [5.41, 5.74) is 4.14. The first-order chi connectivity index (χ1) is 18.8. The van der Waals surface area contributed by atoms with E-state index in [-0.39, 0.29) is 18.2 Å². The largest absolute Gasteiger partial charge is 0.489 e. The Labute approximate surface area is 225 Å². The lowest BCUT2D eigenvalue weighted by molar-refractivity contribution is 0.305. The normalized spacial score (nSPS) is 11.5. The summed E-state index contributed by atoms with van der Waals surface area (Å²) in [5, 5.41) is 7.28. The lowest BCUT2D eigenvalue weighted by Gasteiger charge is -2.11. The molecule has 0 saturated carbocycles. The summed E-state index contributed by atoms with van der Waals surface area (Å²) in [4.78, 5) is 8.82.